The van der Waals surface area contributed by atoms with Gasteiger partial charge in [-0.1, -0.05) is 78.3 Å². The fourth-order valence-electron chi connectivity index (χ4n) is 3.38. The van der Waals surface area contributed by atoms with E-state index in [0.29, 0.717) is 24.4 Å². The highest BCUT2D eigenvalue weighted by Gasteiger charge is 2.15. The van der Waals surface area contributed by atoms with E-state index in [9.17, 15) is 0 Å². The van der Waals surface area contributed by atoms with Crippen molar-refractivity contribution in [2.75, 3.05) is 19.7 Å². The smallest absolute Gasteiger partial charge is 0.123 e. The maximum atomic E-state index is 6.10. The summed E-state index contributed by atoms with van der Waals surface area (Å²) in [5.41, 5.74) is 4.35. The zero-order valence-corrected chi connectivity index (χ0v) is 16.5. The van der Waals surface area contributed by atoms with Gasteiger partial charge < -0.3 is 9.47 Å². The van der Waals surface area contributed by atoms with Crippen LogP contribution in [0.25, 0.3) is 0 Å². The lowest BCUT2D eigenvalue weighted by atomic mass is 9.95. The van der Waals surface area contributed by atoms with E-state index in [1.807, 2.05) is 54.6 Å². The van der Waals surface area contributed by atoms with Gasteiger partial charge in [0.15, 0.2) is 0 Å². The molecule has 144 valence electrons. The molecule has 3 nitrogen and oxygen atoms in total. The van der Waals surface area contributed by atoms with Gasteiger partial charge in [0, 0.05) is 25.7 Å². The van der Waals surface area contributed by atoms with Crippen LogP contribution < -0.4 is 14.9 Å². The molecule has 3 aromatic carbocycles. The monoisotopic (exact) mass is 381 g/mol. The van der Waals surface area contributed by atoms with Crippen LogP contribution in [0.1, 0.15) is 11.1 Å². The Bertz CT molecular complexity index is 957. The predicted octanol–water partition coefficient (Wildman–Crippen LogP) is 3.88. The van der Waals surface area contributed by atoms with E-state index in [-0.39, 0.29) is 0 Å². The molecule has 0 spiro atoms. The first kappa shape index (κ1) is 19.3. The minimum Gasteiger partial charge on any atom is -0.490 e. The first-order chi connectivity index (χ1) is 14.3. The maximum absolute atomic E-state index is 6.10. The molecule has 0 aliphatic carbocycles. The normalized spacial score (nSPS) is 13.9. The van der Waals surface area contributed by atoms with Crippen LogP contribution in [0.4, 0.5) is 0 Å². The summed E-state index contributed by atoms with van der Waals surface area (Å²) in [6.45, 7) is 3.87. The summed E-state index contributed by atoms with van der Waals surface area (Å²) < 4.78 is 11.9. The minimum atomic E-state index is 0.518. The number of ether oxygens (including phenoxy) is 2. The summed E-state index contributed by atoms with van der Waals surface area (Å²) in [4.78, 5) is 2.40. The van der Waals surface area contributed by atoms with Gasteiger partial charge >= 0.3 is 0 Å². The third kappa shape index (κ3) is 5.52. The average molecular weight is 381 g/mol. The second-order valence-corrected chi connectivity index (χ2v) is 7.28. The molecular formula is C25H24BNO2. The van der Waals surface area contributed by atoms with E-state index in [0.717, 1.165) is 30.9 Å². The summed E-state index contributed by atoms with van der Waals surface area (Å²) in [5, 5.41) is 0. The molecule has 1 heterocycles. The molecule has 0 atom stereocenters. The summed E-state index contributed by atoms with van der Waals surface area (Å²) in [5.74, 6) is 1.42. The summed E-state index contributed by atoms with van der Waals surface area (Å²) in [6, 6.07) is 26.2. The molecule has 1 aliphatic heterocycles. The van der Waals surface area contributed by atoms with Crippen LogP contribution in [0.15, 0.2) is 90.5 Å². The Morgan fingerprint density at radius 1 is 0.793 bits per heavy atom. The molecule has 1 aliphatic rings. The Morgan fingerprint density at radius 3 is 2.28 bits per heavy atom. The molecule has 4 rings (SSSR count). The Balaban J connectivity index is 1.29. The van der Waals surface area contributed by atoms with Gasteiger partial charge in [-0.3, -0.25) is 4.90 Å². The van der Waals surface area contributed by atoms with E-state index in [1.165, 1.54) is 11.1 Å². The van der Waals surface area contributed by atoms with Crippen molar-refractivity contribution in [3.8, 4) is 11.5 Å². The fraction of sp³-hybridized carbons (Fsp3) is 0.200. The highest BCUT2D eigenvalue weighted by molar-refractivity contribution is 6.34. The van der Waals surface area contributed by atoms with Gasteiger partial charge in [-0.15, -0.1) is 0 Å². The van der Waals surface area contributed by atoms with Crippen LogP contribution in [0.5, 0.6) is 11.5 Å². The Kier molecular flexibility index (Phi) is 6.33. The Morgan fingerprint density at radius 2 is 1.52 bits per heavy atom. The quantitative estimate of drug-likeness (QED) is 0.437. The van der Waals surface area contributed by atoms with Gasteiger partial charge in [-0.25, -0.2) is 0 Å². The molecule has 0 bridgehead atoms. The number of hydrogen-bond donors (Lipinski definition) is 0. The molecule has 3 aromatic rings. The molecule has 2 radical (unpaired) electrons. The van der Waals surface area contributed by atoms with E-state index >= 15 is 0 Å². The van der Waals surface area contributed by atoms with E-state index < -0.39 is 0 Å². The van der Waals surface area contributed by atoms with Crippen molar-refractivity contribution < 1.29 is 9.47 Å². The van der Waals surface area contributed by atoms with Gasteiger partial charge in [0.05, 0.1) is 0 Å². The van der Waals surface area contributed by atoms with Crippen molar-refractivity contribution in [2.45, 2.75) is 13.2 Å². The SMILES string of the molecule is [B]c1ccc(OCc2ccccc2)cc1OCC1=CCN(Cc2ccccc2)C1. The van der Waals surface area contributed by atoms with Crippen LogP contribution >= 0.6 is 0 Å². The number of hydrogen-bond acceptors (Lipinski definition) is 3. The van der Waals surface area contributed by atoms with Crippen LogP contribution in [0.2, 0.25) is 0 Å². The Labute approximate surface area is 174 Å². The fourth-order valence-corrected chi connectivity index (χ4v) is 3.38. The van der Waals surface area contributed by atoms with Crippen LogP contribution in [0, 0.1) is 0 Å². The molecular weight excluding hydrogens is 357 g/mol. The largest absolute Gasteiger partial charge is 0.490 e. The molecule has 4 heteroatoms. The molecule has 0 saturated heterocycles. The number of rotatable bonds is 8. The van der Waals surface area contributed by atoms with Gasteiger partial charge in [0.2, 0.25) is 0 Å². The van der Waals surface area contributed by atoms with Crippen LogP contribution in [-0.4, -0.2) is 32.4 Å². The van der Waals surface area contributed by atoms with Gasteiger partial charge in [0.1, 0.15) is 32.6 Å². The molecule has 0 amide bonds. The van der Waals surface area contributed by atoms with Crippen LogP contribution in [0.3, 0.4) is 0 Å². The van der Waals surface area contributed by atoms with Gasteiger partial charge in [0.25, 0.3) is 0 Å². The first-order valence-corrected chi connectivity index (χ1v) is 9.89. The highest BCUT2D eigenvalue weighted by atomic mass is 16.5. The lowest BCUT2D eigenvalue weighted by Gasteiger charge is -2.17. The van der Waals surface area contributed by atoms with E-state index in [4.69, 9.17) is 17.3 Å². The zero-order chi connectivity index (χ0) is 19.9. The third-order valence-corrected chi connectivity index (χ3v) is 4.96. The summed E-state index contributed by atoms with van der Waals surface area (Å²) in [7, 11) is 6.10. The second-order valence-electron chi connectivity index (χ2n) is 7.28. The predicted molar refractivity (Wildman–Crippen MR) is 118 cm³/mol. The van der Waals surface area contributed by atoms with Gasteiger partial charge in [-0.05, 0) is 22.8 Å². The highest BCUT2D eigenvalue weighted by Crippen LogP contribution is 2.20. The van der Waals surface area contributed by atoms with Crippen LogP contribution in [-0.2, 0) is 13.2 Å². The van der Waals surface area contributed by atoms with Crippen molar-refractivity contribution >= 4 is 13.3 Å². The maximum Gasteiger partial charge on any atom is 0.123 e. The molecule has 29 heavy (non-hydrogen) atoms. The summed E-state index contributed by atoms with van der Waals surface area (Å²) in [6.07, 6.45) is 2.24. The van der Waals surface area contributed by atoms with Crippen molar-refractivity contribution in [2.24, 2.45) is 0 Å². The first-order valence-electron chi connectivity index (χ1n) is 9.89. The lowest BCUT2D eigenvalue weighted by molar-refractivity contribution is 0.297. The molecule has 0 saturated carbocycles. The molecule has 0 fully saturated rings. The van der Waals surface area contributed by atoms with Crippen molar-refractivity contribution in [3.63, 3.8) is 0 Å². The number of benzene rings is 3. The molecule has 0 aromatic heterocycles. The molecule has 0 unspecified atom stereocenters. The molecule has 0 N–H and O–H groups in total. The Hall–Kier alpha value is -2.98. The minimum absolute atomic E-state index is 0.518. The third-order valence-electron chi connectivity index (χ3n) is 4.96. The standard InChI is InChI=1S/C25H24BNO2/c26-24-12-11-23(28-18-21-9-5-2-6-10-21)15-25(24)29-19-22-13-14-27(17-22)16-20-7-3-1-4-8-20/h1-13,15H,14,16-19H2. The van der Waals surface area contributed by atoms with Gasteiger partial charge in [-0.2, -0.15) is 0 Å². The van der Waals surface area contributed by atoms with Crippen molar-refractivity contribution in [1.82, 2.24) is 4.90 Å². The van der Waals surface area contributed by atoms with E-state index in [1.54, 1.807) is 0 Å². The number of nitrogens with zero attached hydrogens (tertiary/aromatic N) is 1. The average Bonchev–Trinajstić information content (AvgIpc) is 3.21. The van der Waals surface area contributed by atoms with Crippen molar-refractivity contribution in [3.05, 3.63) is 102 Å². The van der Waals surface area contributed by atoms with E-state index in [2.05, 4.69) is 35.2 Å². The zero-order valence-electron chi connectivity index (χ0n) is 16.5. The van der Waals surface area contributed by atoms with Crippen molar-refractivity contribution in [1.29, 1.82) is 0 Å². The second kappa shape index (κ2) is 9.48. The topological polar surface area (TPSA) is 21.7 Å². The lowest BCUT2D eigenvalue weighted by Crippen LogP contribution is -2.21. The summed E-state index contributed by atoms with van der Waals surface area (Å²) >= 11 is 0.